The van der Waals surface area contributed by atoms with E-state index in [-0.39, 0.29) is 5.56 Å². The number of nitrogens with zero attached hydrogens (tertiary/aromatic N) is 1. The van der Waals surface area contributed by atoms with Gasteiger partial charge in [-0.1, -0.05) is 12.1 Å². The highest BCUT2D eigenvalue weighted by molar-refractivity contribution is 5.93. The molecule has 0 aliphatic rings. The van der Waals surface area contributed by atoms with Crippen LogP contribution in [0.5, 0.6) is 0 Å². The molecule has 106 valence electrons. The zero-order valence-corrected chi connectivity index (χ0v) is 11.6. The third-order valence-electron chi connectivity index (χ3n) is 3.58. The van der Waals surface area contributed by atoms with Gasteiger partial charge in [-0.2, -0.15) is 0 Å². The van der Waals surface area contributed by atoms with Crippen molar-refractivity contribution in [1.29, 1.82) is 0 Å². The normalized spacial score (nSPS) is 11.0. The third kappa shape index (κ3) is 2.27. The molecule has 0 aliphatic heterocycles. The summed E-state index contributed by atoms with van der Waals surface area (Å²) in [4.78, 5) is 18.3. The van der Waals surface area contributed by atoms with E-state index in [2.05, 4.69) is 9.97 Å². The molecule has 0 atom stereocenters. The summed E-state index contributed by atoms with van der Waals surface area (Å²) in [5.41, 5.74) is 3.72. The molecule has 0 bridgehead atoms. The number of carboxylic acids is 1. The Labute approximate surface area is 120 Å². The quantitative estimate of drug-likeness (QED) is 0.754. The predicted octanol–water partition coefficient (Wildman–Crippen LogP) is 3.68. The van der Waals surface area contributed by atoms with Crippen molar-refractivity contribution in [3.05, 3.63) is 52.8 Å². The summed E-state index contributed by atoms with van der Waals surface area (Å²) in [7, 11) is 0. The minimum absolute atomic E-state index is 0.374. The number of hydrogen-bond acceptors (Lipinski definition) is 2. The lowest BCUT2D eigenvalue weighted by molar-refractivity contribution is 0.0692. The number of carboxylic acid groups (broad SMARTS) is 1. The van der Waals surface area contributed by atoms with Crippen molar-refractivity contribution in [3.63, 3.8) is 0 Å². The number of imidazole rings is 1. The molecule has 3 aromatic rings. The van der Waals surface area contributed by atoms with Gasteiger partial charge in [0.2, 0.25) is 0 Å². The van der Waals surface area contributed by atoms with Crippen molar-refractivity contribution in [1.82, 2.24) is 9.97 Å². The highest BCUT2D eigenvalue weighted by Gasteiger charge is 2.14. The van der Waals surface area contributed by atoms with Gasteiger partial charge in [-0.3, -0.25) is 0 Å². The van der Waals surface area contributed by atoms with E-state index in [4.69, 9.17) is 5.11 Å². The number of hydrogen-bond donors (Lipinski definition) is 2. The van der Waals surface area contributed by atoms with Crippen LogP contribution in [0.15, 0.2) is 30.3 Å². The van der Waals surface area contributed by atoms with E-state index in [1.165, 1.54) is 11.6 Å². The average Bonchev–Trinajstić information content (AvgIpc) is 2.83. The summed E-state index contributed by atoms with van der Waals surface area (Å²) in [6.45, 7) is 4.02. The molecule has 2 aromatic carbocycles. The van der Waals surface area contributed by atoms with Gasteiger partial charge in [-0.25, -0.2) is 14.2 Å². The summed E-state index contributed by atoms with van der Waals surface area (Å²) in [6.07, 6.45) is 0. The van der Waals surface area contributed by atoms with Crippen LogP contribution in [0.3, 0.4) is 0 Å². The molecule has 3 rings (SSSR count). The maximum atomic E-state index is 13.7. The number of rotatable bonds is 2. The first-order valence-corrected chi connectivity index (χ1v) is 6.46. The van der Waals surface area contributed by atoms with E-state index in [0.717, 1.165) is 17.2 Å². The zero-order chi connectivity index (χ0) is 15.1. The summed E-state index contributed by atoms with van der Waals surface area (Å²) in [5, 5.41) is 8.94. The number of aromatic carboxylic acids is 1. The van der Waals surface area contributed by atoms with Gasteiger partial charge in [-0.15, -0.1) is 0 Å². The second kappa shape index (κ2) is 4.70. The second-order valence-electron chi connectivity index (χ2n) is 5.04. The summed E-state index contributed by atoms with van der Waals surface area (Å²) in [6, 6.07) is 8.31. The molecule has 4 nitrogen and oxygen atoms in total. The molecule has 0 fully saturated rings. The van der Waals surface area contributed by atoms with Gasteiger partial charge >= 0.3 is 5.97 Å². The molecule has 5 heteroatoms. The maximum absolute atomic E-state index is 13.7. The molecule has 0 radical (unpaired) electrons. The summed E-state index contributed by atoms with van der Waals surface area (Å²) < 4.78 is 13.7. The Morgan fingerprint density at radius 1 is 1.19 bits per heavy atom. The zero-order valence-electron chi connectivity index (χ0n) is 11.6. The lowest BCUT2D eigenvalue weighted by Crippen LogP contribution is -1.99. The smallest absolute Gasteiger partial charge is 0.338 e. The lowest BCUT2D eigenvalue weighted by Gasteiger charge is -2.02. The van der Waals surface area contributed by atoms with Crippen molar-refractivity contribution in [2.24, 2.45) is 0 Å². The number of aromatic amines is 1. The van der Waals surface area contributed by atoms with Crippen molar-refractivity contribution in [2.75, 3.05) is 0 Å². The van der Waals surface area contributed by atoms with E-state index in [1.54, 1.807) is 0 Å². The SMILES string of the molecule is Cc1ccc(-c2nc3cc(C(=O)O)c(F)cc3[nH]2)cc1C. The minimum Gasteiger partial charge on any atom is -0.478 e. The van der Waals surface area contributed by atoms with Crippen LogP contribution in [0.2, 0.25) is 0 Å². The van der Waals surface area contributed by atoms with Gasteiger partial charge in [0.05, 0.1) is 16.6 Å². The standard InChI is InChI=1S/C16H13FN2O2/c1-8-3-4-10(5-9(8)2)15-18-13-6-11(16(20)21)12(17)7-14(13)19-15/h3-7H,1-2H3,(H,18,19)(H,20,21). The molecule has 2 N–H and O–H groups in total. The fourth-order valence-electron chi connectivity index (χ4n) is 2.22. The largest absolute Gasteiger partial charge is 0.478 e. The van der Waals surface area contributed by atoms with Gasteiger partial charge in [-0.05, 0) is 37.1 Å². The number of fused-ring (bicyclic) bond motifs is 1. The molecule has 1 aromatic heterocycles. The van der Waals surface area contributed by atoms with Gasteiger partial charge in [0.15, 0.2) is 0 Å². The number of carbonyl (C=O) groups is 1. The van der Waals surface area contributed by atoms with Crippen LogP contribution >= 0.6 is 0 Å². The van der Waals surface area contributed by atoms with E-state index in [1.807, 2.05) is 32.0 Å². The minimum atomic E-state index is -1.30. The number of benzene rings is 2. The van der Waals surface area contributed by atoms with Gasteiger partial charge in [0, 0.05) is 11.6 Å². The van der Waals surface area contributed by atoms with E-state index >= 15 is 0 Å². The summed E-state index contributed by atoms with van der Waals surface area (Å²) in [5.74, 6) is -1.48. The van der Waals surface area contributed by atoms with Crippen molar-refractivity contribution in [3.8, 4) is 11.4 Å². The first kappa shape index (κ1) is 13.3. The van der Waals surface area contributed by atoms with Crippen LogP contribution in [0.25, 0.3) is 22.4 Å². The van der Waals surface area contributed by atoms with Crippen molar-refractivity contribution < 1.29 is 14.3 Å². The van der Waals surface area contributed by atoms with Crippen LogP contribution in [0, 0.1) is 19.7 Å². The lowest BCUT2D eigenvalue weighted by atomic mass is 10.1. The average molecular weight is 284 g/mol. The fourth-order valence-corrected chi connectivity index (χ4v) is 2.22. The van der Waals surface area contributed by atoms with E-state index < -0.39 is 11.8 Å². The van der Waals surface area contributed by atoms with E-state index in [0.29, 0.717) is 16.9 Å². The molecule has 0 unspecified atom stereocenters. The molecule has 0 aliphatic carbocycles. The fraction of sp³-hybridized carbons (Fsp3) is 0.125. The number of halogens is 1. The molecular formula is C16H13FN2O2. The highest BCUT2D eigenvalue weighted by atomic mass is 19.1. The molecule has 0 spiro atoms. The topological polar surface area (TPSA) is 66.0 Å². The predicted molar refractivity (Wildman–Crippen MR) is 77.9 cm³/mol. The maximum Gasteiger partial charge on any atom is 0.338 e. The van der Waals surface area contributed by atoms with Gasteiger partial charge < -0.3 is 10.1 Å². The van der Waals surface area contributed by atoms with Crippen LogP contribution < -0.4 is 0 Å². The molecule has 0 saturated heterocycles. The first-order chi connectivity index (χ1) is 9.95. The number of nitrogens with one attached hydrogen (secondary N) is 1. The van der Waals surface area contributed by atoms with Crippen LogP contribution in [-0.2, 0) is 0 Å². The monoisotopic (exact) mass is 284 g/mol. The molecule has 1 heterocycles. The summed E-state index contributed by atoms with van der Waals surface area (Å²) >= 11 is 0. The Morgan fingerprint density at radius 2 is 1.95 bits per heavy atom. The Hall–Kier alpha value is -2.69. The highest BCUT2D eigenvalue weighted by Crippen LogP contribution is 2.24. The Morgan fingerprint density at radius 3 is 2.62 bits per heavy atom. The number of aryl methyl sites for hydroxylation is 2. The van der Waals surface area contributed by atoms with Gasteiger partial charge in [0.25, 0.3) is 0 Å². The Balaban J connectivity index is 2.16. The van der Waals surface area contributed by atoms with Crippen molar-refractivity contribution in [2.45, 2.75) is 13.8 Å². The first-order valence-electron chi connectivity index (χ1n) is 6.46. The number of aromatic nitrogens is 2. The molecule has 21 heavy (non-hydrogen) atoms. The molecular weight excluding hydrogens is 271 g/mol. The van der Waals surface area contributed by atoms with Crippen LogP contribution in [-0.4, -0.2) is 21.0 Å². The Kier molecular flexibility index (Phi) is 2.97. The van der Waals surface area contributed by atoms with Gasteiger partial charge in [0.1, 0.15) is 11.6 Å². The van der Waals surface area contributed by atoms with E-state index in [9.17, 15) is 9.18 Å². The second-order valence-corrected chi connectivity index (χ2v) is 5.04. The Bertz CT molecular complexity index is 868. The van der Waals surface area contributed by atoms with Crippen LogP contribution in [0.4, 0.5) is 4.39 Å². The van der Waals surface area contributed by atoms with Crippen molar-refractivity contribution >= 4 is 17.0 Å². The molecule has 0 amide bonds. The number of H-pyrrole nitrogens is 1. The third-order valence-corrected chi connectivity index (χ3v) is 3.58. The molecule has 0 saturated carbocycles. The van der Waals surface area contributed by atoms with Crippen LogP contribution in [0.1, 0.15) is 21.5 Å².